The standard InChI is InChI=1S/C13H16N2O5/c1-19-13(20-2)9-14-12(16)8-5-10-3-6-11(7-4-10)15(17)18/h3-8,13H,9H2,1-2H3,(H,14,16)/b8-5+. The number of hydrogen-bond acceptors (Lipinski definition) is 5. The normalized spacial score (nSPS) is 10.9. The van der Waals surface area contributed by atoms with Crippen LogP contribution in [-0.2, 0) is 14.3 Å². The smallest absolute Gasteiger partial charge is 0.269 e. The van der Waals surface area contributed by atoms with Gasteiger partial charge < -0.3 is 14.8 Å². The van der Waals surface area contributed by atoms with Crippen molar-refractivity contribution in [1.82, 2.24) is 5.32 Å². The van der Waals surface area contributed by atoms with E-state index in [4.69, 9.17) is 9.47 Å². The topological polar surface area (TPSA) is 90.7 Å². The molecule has 0 saturated carbocycles. The van der Waals surface area contributed by atoms with E-state index < -0.39 is 11.2 Å². The average Bonchev–Trinajstić information content (AvgIpc) is 2.46. The zero-order chi connectivity index (χ0) is 15.0. The van der Waals surface area contributed by atoms with E-state index in [1.54, 1.807) is 18.2 Å². The van der Waals surface area contributed by atoms with Gasteiger partial charge in [0.1, 0.15) is 0 Å². The Bertz CT molecular complexity index is 480. The molecule has 1 N–H and O–H groups in total. The van der Waals surface area contributed by atoms with E-state index >= 15 is 0 Å². The molecule has 0 aliphatic rings. The first-order valence-corrected chi connectivity index (χ1v) is 5.82. The number of carbonyl (C=O) groups excluding carboxylic acids is 1. The summed E-state index contributed by atoms with van der Waals surface area (Å²) in [6.07, 6.45) is 2.41. The van der Waals surface area contributed by atoms with Crippen LogP contribution in [0.2, 0.25) is 0 Å². The molecule has 0 unspecified atom stereocenters. The molecule has 0 aliphatic carbocycles. The molecule has 0 aliphatic heterocycles. The fourth-order valence-electron chi connectivity index (χ4n) is 1.38. The molecule has 1 amide bonds. The van der Waals surface area contributed by atoms with E-state index in [2.05, 4.69) is 5.32 Å². The lowest BCUT2D eigenvalue weighted by Crippen LogP contribution is -2.33. The van der Waals surface area contributed by atoms with Crippen LogP contribution in [0.15, 0.2) is 30.3 Å². The summed E-state index contributed by atoms with van der Waals surface area (Å²) in [7, 11) is 2.96. The van der Waals surface area contributed by atoms with Gasteiger partial charge in [-0.25, -0.2) is 0 Å². The summed E-state index contributed by atoms with van der Waals surface area (Å²) in [5.74, 6) is -0.303. The largest absolute Gasteiger partial charge is 0.354 e. The van der Waals surface area contributed by atoms with E-state index in [1.165, 1.54) is 32.4 Å². The Balaban J connectivity index is 2.50. The molecule has 0 radical (unpaired) electrons. The van der Waals surface area contributed by atoms with Gasteiger partial charge in [0.15, 0.2) is 6.29 Å². The minimum Gasteiger partial charge on any atom is -0.354 e. The molecular weight excluding hydrogens is 264 g/mol. The van der Waals surface area contributed by atoms with Crippen molar-refractivity contribution in [2.45, 2.75) is 6.29 Å². The van der Waals surface area contributed by atoms with Crippen LogP contribution in [0, 0.1) is 10.1 Å². The number of rotatable bonds is 7. The van der Waals surface area contributed by atoms with Gasteiger partial charge in [0.2, 0.25) is 5.91 Å². The number of benzene rings is 1. The third-order valence-electron chi connectivity index (χ3n) is 2.50. The number of nitrogens with one attached hydrogen (secondary N) is 1. The van der Waals surface area contributed by atoms with Gasteiger partial charge >= 0.3 is 0 Å². The second-order valence-corrected chi connectivity index (χ2v) is 3.83. The van der Waals surface area contributed by atoms with Gasteiger partial charge in [0.25, 0.3) is 5.69 Å². The maximum atomic E-state index is 11.5. The van der Waals surface area contributed by atoms with Crippen LogP contribution in [0.3, 0.4) is 0 Å². The van der Waals surface area contributed by atoms with Crippen LogP contribution in [0.4, 0.5) is 5.69 Å². The van der Waals surface area contributed by atoms with Gasteiger partial charge in [0, 0.05) is 32.4 Å². The Kier molecular flexibility index (Phi) is 6.34. The predicted octanol–water partition coefficient (Wildman–Crippen LogP) is 1.34. The first kappa shape index (κ1) is 15.8. The van der Waals surface area contributed by atoms with Gasteiger partial charge in [-0.3, -0.25) is 14.9 Å². The van der Waals surface area contributed by atoms with E-state index in [0.29, 0.717) is 5.56 Å². The highest BCUT2D eigenvalue weighted by Gasteiger charge is 2.06. The molecule has 0 bridgehead atoms. The monoisotopic (exact) mass is 280 g/mol. The third-order valence-corrected chi connectivity index (χ3v) is 2.50. The lowest BCUT2D eigenvalue weighted by atomic mass is 10.2. The number of methoxy groups -OCH3 is 2. The number of nitro groups is 1. The van der Waals surface area contributed by atoms with Crippen molar-refractivity contribution in [3.63, 3.8) is 0 Å². The number of non-ortho nitro benzene ring substituents is 1. The molecule has 0 saturated heterocycles. The fourth-order valence-corrected chi connectivity index (χ4v) is 1.38. The first-order valence-electron chi connectivity index (χ1n) is 5.82. The predicted molar refractivity (Wildman–Crippen MR) is 72.9 cm³/mol. The molecule has 7 heteroatoms. The van der Waals surface area contributed by atoms with Crippen molar-refractivity contribution < 1.29 is 19.2 Å². The second kappa shape index (κ2) is 8.03. The number of nitrogens with zero attached hydrogens (tertiary/aromatic N) is 1. The van der Waals surface area contributed by atoms with Gasteiger partial charge in [0.05, 0.1) is 11.5 Å². The summed E-state index contributed by atoms with van der Waals surface area (Å²) in [4.78, 5) is 21.5. The summed E-state index contributed by atoms with van der Waals surface area (Å²) in [6.45, 7) is 0.233. The van der Waals surface area contributed by atoms with Crippen LogP contribution in [0.5, 0.6) is 0 Å². The zero-order valence-corrected chi connectivity index (χ0v) is 11.2. The Labute approximate surface area is 116 Å². The summed E-state index contributed by atoms with van der Waals surface area (Å²) in [5.41, 5.74) is 0.704. The van der Waals surface area contributed by atoms with Crippen molar-refractivity contribution in [2.24, 2.45) is 0 Å². The Hall–Kier alpha value is -2.25. The molecule has 1 rings (SSSR count). The molecule has 7 nitrogen and oxygen atoms in total. The highest BCUT2D eigenvalue weighted by Crippen LogP contribution is 2.12. The molecule has 20 heavy (non-hydrogen) atoms. The maximum Gasteiger partial charge on any atom is 0.269 e. The molecule has 1 aromatic carbocycles. The summed E-state index contributed by atoms with van der Waals surface area (Å²) in [5, 5.41) is 13.1. The SMILES string of the molecule is COC(CNC(=O)/C=C/c1ccc([N+](=O)[O-])cc1)OC. The molecular formula is C13H16N2O5. The molecule has 108 valence electrons. The van der Waals surface area contributed by atoms with Crippen molar-refractivity contribution in [3.8, 4) is 0 Å². The summed E-state index contributed by atoms with van der Waals surface area (Å²) in [6, 6.07) is 5.89. The molecule has 0 spiro atoms. The number of nitro benzene ring substituents is 1. The molecule has 0 fully saturated rings. The van der Waals surface area contributed by atoms with Crippen LogP contribution in [0.25, 0.3) is 6.08 Å². The number of hydrogen-bond donors (Lipinski definition) is 1. The quantitative estimate of drug-likeness (QED) is 0.352. The summed E-state index contributed by atoms with van der Waals surface area (Å²) < 4.78 is 9.85. The first-order chi connectivity index (χ1) is 9.56. The zero-order valence-electron chi connectivity index (χ0n) is 11.2. The highest BCUT2D eigenvalue weighted by atomic mass is 16.7. The van der Waals surface area contributed by atoms with Crippen molar-refractivity contribution >= 4 is 17.7 Å². The minimum atomic E-state index is -0.494. The fraction of sp³-hybridized carbons (Fsp3) is 0.308. The number of ether oxygens (including phenoxy) is 2. The van der Waals surface area contributed by atoms with Gasteiger partial charge in [-0.15, -0.1) is 0 Å². The van der Waals surface area contributed by atoms with Crippen molar-refractivity contribution in [2.75, 3.05) is 20.8 Å². The Morgan fingerprint density at radius 3 is 2.45 bits per heavy atom. The second-order valence-electron chi connectivity index (χ2n) is 3.83. The highest BCUT2D eigenvalue weighted by molar-refractivity contribution is 5.91. The third kappa shape index (κ3) is 5.17. The van der Waals surface area contributed by atoms with E-state index in [0.717, 1.165) is 0 Å². The average molecular weight is 280 g/mol. The van der Waals surface area contributed by atoms with Crippen LogP contribution in [0.1, 0.15) is 5.56 Å². The summed E-state index contributed by atoms with van der Waals surface area (Å²) >= 11 is 0. The van der Waals surface area contributed by atoms with Crippen LogP contribution < -0.4 is 5.32 Å². The molecule has 1 aromatic rings. The van der Waals surface area contributed by atoms with Gasteiger partial charge in [-0.05, 0) is 23.8 Å². The van der Waals surface area contributed by atoms with E-state index in [1.807, 2.05) is 0 Å². The Morgan fingerprint density at radius 2 is 1.95 bits per heavy atom. The minimum absolute atomic E-state index is 0.00892. The number of amides is 1. The lowest BCUT2D eigenvalue weighted by molar-refractivity contribution is -0.384. The van der Waals surface area contributed by atoms with Gasteiger partial charge in [-0.1, -0.05) is 0 Å². The van der Waals surface area contributed by atoms with E-state index in [-0.39, 0.29) is 18.1 Å². The molecule has 0 heterocycles. The van der Waals surface area contributed by atoms with Crippen molar-refractivity contribution in [3.05, 3.63) is 46.0 Å². The lowest BCUT2D eigenvalue weighted by Gasteiger charge is -2.12. The molecule has 0 atom stereocenters. The van der Waals surface area contributed by atoms with Crippen LogP contribution >= 0.6 is 0 Å². The van der Waals surface area contributed by atoms with Crippen molar-refractivity contribution in [1.29, 1.82) is 0 Å². The van der Waals surface area contributed by atoms with Gasteiger partial charge in [-0.2, -0.15) is 0 Å². The Morgan fingerprint density at radius 1 is 1.35 bits per heavy atom. The maximum absolute atomic E-state index is 11.5. The number of carbonyl (C=O) groups is 1. The molecule has 0 aromatic heterocycles. The van der Waals surface area contributed by atoms with E-state index in [9.17, 15) is 14.9 Å². The van der Waals surface area contributed by atoms with Crippen LogP contribution in [-0.4, -0.2) is 37.9 Å².